The van der Waals surface area contributed by atoms with E-state index < -0.39 is 0 Å². The Morgan fingerprint density at radius 3 is 2.54 bits per heavy atom. The standard InChI is InChI=1S/C18H13N5O/c24-18(22-14-4-2-1-3-5-14)15-12-21-23-16(8-11-20-17(15)23)13-6-9-19-10-7-13/h1-12H,(H,22,24). The number of benzene rings is 1. The van der Waals surface area contributed by atoms with Gasteiger partial charge in [-0.1, -0.05) is 18.2 Å². The molecule has 24 heavy (non-hydrogen) atoms. The molecule has 0 aliphatic heterocycles. The Bertz CT molecular complexity index is 996. The van der Waals surface area contributed by atoms with Crippen LogP contribution in [0.4, 0.5) is 5.69 Å². The molecule has 0 radical (unpaired) electrons. The third kappa shape index (κ3) is 2.50. The zero-order valence-electron chi connectivity index (χ0n) is 12.6. The van der Waals surface area contributed by atoms with Crippen molar-refractivity contribution in [3.63, 3.8) is 0 Å². The van der Waals surface area contributed by atoms with Gasteiger partial charge in [0.1, 0.15) is 5.56 Å². The molecule has 0 bridgehead atoms. The summed E-state index contributed by atoms with van der Waals surface area (Å²) in [5, 5.41) is 7.18. The number of hydrogen-bond acceptors (Lipinski definition) is 4. The van der Waals surface area contributed by atoms with Crippen LogP contribution in [0.15, 0.2) is 73.3 Å². The molecule has 0 spiro atoms. The number of nitrogens with one attached hydrogen (secondary N) is 1. The Labute approximate surface area is 137 Å². The third-order valence-electron chi connectivity index (χ3n) is 3.65. The first-order valence-electron chi connectivity index (χ1n) is 7.42. The summed E-state index contributed by atoms with van der Waals surface area (Å²) in [5.41, 5.74) is 3.47. The number of fused-ring (bicyclic) bond motifs is 1. The summed E-state index contributed by atoms with van der Waals surface area (Å²) < 4.78 is 1.66. The number of hydrogen-bond donors (Lipinski definition) is 1. The maximum atomic E-state index is 12.5. The van der Waals surface area contributed by atoms with Gasteiger partial charge in [-0.15, -0.1) is 0 Å². The third-order valence-corrected chi connectivity index (χ3v) is 3.65. The number of para-hydroxylation sites is 1. The number of nitrogens with zero attached hydrogens (tertiary/aromatic N) is 4. The molecule has 0 fully saturated rings. The molecule has 4 aromatic rings. The Morgan fingerprint density at radius 2 is 1.75 bits per heavy atom. The molecule has 6 nitrogen and oxygen atoms in total. The maximum absolute atomic E-state index is 12.5. The van der Waals surface area contributed by atoms with Crippen molar-refractivity contribution in [2.75, 3.05) is 5.32 Å². The summed E-state index contributed by atoms with van der Waals surface area (Å²) in [5.74, 6) is -0.240. The highest BCUT2D eigenvalue weighted by molar-refractivity contribution is 6.08. The fourth-order valence-electron chi connectivity index (χ4n) is 2.51. The average Bonchev–Trinajstić information content (AvgIpc) is 3.07. The molecule has 1 aromatic carbocycles. The number of amides is 1. The first kappa shape index (κ1) is 14.1. The van der Waals surface area contributed by atoms with Gasteiger partial charge in [-0.3, -0.25) is 9.78 Å². The molecule has 0 aliphatic rings. The number of carbonyl (C=O) groups excluding carboxylic acids is 1. The zero-order chi connectivity index (χ0) is 16.4. The average molecular weight is 315 g/mol. The maximum Gasteiger partial charge on any atom is 0.261 e. The van der Waals surface area contributed by atoms with Gasteiger partial charge < -0.3 is 5.32 Å². The summed E-state index contributed by atoms with van der Waals surface area (Å²) in [6.45, 7) is 0. The summed E-state index contributed by atoms with van der Waals surface area (Å²) >= 11 is 0. The molecule has 1 N–H and O–H groups in total. The van der Waals surface area contributed by atoms with Gasteiger partial charge in [0.15, 0.2) is 5.65 Å². The second-order valence-electron chi connectivity index (χ2n) is 5.18. The minimum absolute atomic E-state index is 0.240. The first-order valence-corrected chi connectivity index (χ1v) is 7.42. The number of aromatic nitrogens is 4. The van der Waals surface area contributed by atoms with Crippen LogP contribution < -0.4 is 5.32 Å². The highest BCUT2D eigenvalue weighted by Crippen LogP contribution is 2.20. The Balaban J connectivity index is 1.75. The van der Waals surface area contributed by atoms with Crippen LogP contribution in [0.25, 0.3) is 16.9 Å². The predicted molar refractivity (Wildman–Crippen MR) is 90.6 cm³/mol. The lowest BCUT2D eigenvalue weighted by molar-refractivity contribution is 0.102. The lowest BCUT2D eigenvalue weighted by atomic mass is 10.2. The lowest BCUT2D eigenvalue weighted by Crippen LogP contribution is -2.12. The number of rotatable bonds is 3. The summed E-state index contributed by atoms with van der Waals surface area (Å²) in [4.78, 5) is 20.9. The molecule has 1 amide bonds. The molecule has 0 saturated carbocycles. The van der Waals surface area contributed by atoms with E-state index in [0.717, 1.165) is 16.9 Å². The Hall–Kier alpha value is -3.54. The number of pyridine rings is 1. The van der Waals surface area contributed by atoms with Crippen LogP contribution in [-0.2, 0) is 0 Å². The monoisotopic (exact) mass is 315 g/mol. The second kappa shape index (κ2) is 5.92. The van der Waals surface area contributed by atoms with Gasteiger partial charge in [0.2, 0.25) is 0 Å². The van der Waals surface area contributed by atoms with E-state index in [1.54, 1.807) is 23.1 Å². The summed E-state index contributed by atoms with van der Waals surface area (Å²) in [6.07, 6.45) is 6.64. The minimum atomic E-state index is -0.240. The van der Waals surface area contributed by atoms with Crippen LogP contribution >= 0.6 is 0 Å². The van der Waals surface area contributed by atoms with Gasteiger partial charge in [0.25, 0.3) is 5.91 Å². The highest BCUT2D eigenvalue weighted by atomic mass is 16.1. The SMILES string of the molecule is O=C(Nc1ccccc1)c1cnn2c(-c3ccncc3)ccnc12. The Morgan fingerprint density at radius 1 is 0.958 bits per heavy atom. The molecule has 3 aromatic heterocycles. The van der Waals surface area contributed by atoms with Crippen molar-refractivity contribution in [1.82, 2.24) is 19.6 Å². The van der Waals surface area contributed by atoms with Crippen LogP contribution in [0.5, 0.6) is 0 Å². The lowest BCUT2D eigenvalue weighted by Gasteiger charge is -2.05. The molecule has 0 atom stereocenters. The van der Waals surface area contributed by atoms with Crippen molar-refractivity contribution in [1.29, 1.82) is 0 Å². The predicted octanol–water partition coefficient (Wildman–Crippen LogP) is 3.04. The molecule has 0 unspecified atom stereocenters. The largest absolute Gasteiger partial charge is 0.322 e. The molecular formula is C18H13N5O. The number of anilines is 1. The van der Waals surface area contributed by atoms with Gasteiger partial charge >= 0.3 is 0 Å². The van der Waals surface area contributed by atoms with Crippen molar-refractivity contribution >= 4 is 17.2 Å². The summed E-state index contributed by atoms with van der Waals surface area (Å²) in [6, 6.07) is 14.9. The van der Waals surface area contributed by atoms with E-state index in [0.29, 0.717) is 11.2 Å². The van der Waals surface area contributed by atoms with Crippen LogP contribution in [-0.4, -0.2) is 25.5 Å². The van der Waals surface area contributed by atoms with Crippen LogP contribution in [0, 0.1) is 0 Å². The van der Waals surface area contributed by atoms with Crippen molar-refractivity contribution in [2.45, 2.75) is 0 Å². The van der Waals surface area contributed by atoms with Crippen molar-refractivity contribution in [3.05, 3.63) is 78.9 Å². The number of carbonyl (C=O) groups is 1. The van der Waals surface area contributed by atoms with E-state index in [9.17, 15) is 4.79 Å². The zero-order valence-corrected chi connectivity index (χ0v) is 12.6. The van der Waals surface area contributed by atoms with Crippen molar-refractivity contribution in [2.24, 2.45) is 0 Å². The van der Waals surface area contributed by atoms with Gasteiger partial charge in [-0.25, -0.2) is 9.50 Å². The van der Waals surface area contributed by atoms with Gasteiger partial charge in [-0.05, 0) is 30.3 Å². The topological polar surface area (TPSA) is 72.2 Å². The quantitative estimate of drug-likeness (QED) is 0.631. The summed E-state index contributed by atoms with van der Waals surface area (Å²) in [7, 11) is 0. The van der Waals surface area contributed by atoms with Crippen LogP contribution in [0.3, 0.4) is 0 Å². The molecule has 116 valence electrons. The van der Waals surface area contributed by atoms with E-state index in [1.165, 1.54) is 6.20 Å². The van der Waals surface area contributed by atoms with Crippen LogP contribution in [0.1, 0.15) is 10.4 Å². The molecule has 6 heteroatoms. The van der Waals surface area contributed by atoms with Crippen LogP contribution in [0.2, 0.25) is 0 Å². The van der Waals surface area contributed by atoms with E-state index in [4.69, 9.17) is 0 Å². The molecule has 4 rings (SSSR count). The molecule has 3 heterocycles. The Kier molecular flexibility index (Phi) is 3.47. The van der Waals surface area contributed by atoms with E-state index in [2.05, 4.69) is 20.4 Å². The van der Waals surface area contributed by atoms with E-state index >= 15 is 0 Å². The van der Waals surface area contributed by atoms with Crippen molar-refractivity contribution < 1.29 is 4.79 Å². The van der Waals surface area contributed by atoms with E-state index in [1.807, 2.05) is 48.5 Å². The highest BCUT2D eigenvalue weighted by Gasteiger charge is 2.16. The minimum Gasteiger partial charge on any atom is -0.322 e. The fourth-order valence-corrected chi connectivity index (χ4v) is 2.51. The van der Waals surface area contributed by atoms with Gasteiger partial charge in [0, 0.05) is 29.8 Å². The van der Waals surface area contributed by atoms with Crippen molar-refractivity contribution in [3.8, 4) is 11.3 Å². The van der Waals surface area contributed by atoms with Gasteiger partial charge in [0.05, 0.1) is 11.9 Å². The fraction of sp³-hybridized carbons (Fsp3) is 0. The van der Waals surface area contributed by atoms with E-state index in [-0.39, 0.29) is 5.91 Å². The van der Waals surface area contributed by atoms with Gasteiger partial charge in [-0.2, -0.15) is 5.10 Å². The smallest absolute Gasteiger partial charge is 0.261 e. The molecular weight excluding hydrogens is 302 g/mol. The molecule has 0 aliphatic carbocycles. The second-order valence-corrected chi connectivity index (χ2v) is 5.18. The first-order chi connectivity index (χ1) is 11.8. The normalized spacial score (nSPS) is 10.7. The molecule has 0 saturated heterocycles.